The largest absolute Gasteiger partial charge is 0.368 e. The first-order valence-corrected chi connectivity index (χ1v) is 7.71. The number of benzene rings is 2. The molecule has 0 N–H and O–H groups in total. The average Bonchev–Trinajstić information content (AvgIpc) is 2.56. The van der Waals surface area contributed by atoms with Gasteiger partial charge in [-0.3, -0.25) is 0 Å². The first kappa shape index (κ1) is 14.2. The fraction of sp³-hybridized carbons (Fsp3) is 0.294. The zero-order chi connectivity index (χ0) is 14.7. The van der Waals surface area contributed by atoms with Crippen LogP contribution in [0.25, 0.3) is 0 Å². The number of hydrogen-bond acceptors (Lipinski definition) is 2. The van der Waals surface area contributed by atoms with E-state index in [1.54, 1.807) is 0 Å². The molecule has 2 nitrogen and oxygen atoms in total. The number of hydrogen-bond donors (Lipinski definition) is 0. The van der Waals surface area contributed by atoms with Crippen LogP contribution in [0.3, 0.4) is 0 Å². The summed E-state index contributed by atoms with van der Waals surface area (Å²) in [5.74, 6) is 0.349. The summed E-state index contributed by atoms with van der Waals surface area (Å²) < 4.78 is 13.0. The van der Waals surface area contributed by atoms with Gasteiger partial charge in [0.05, 0.1) is 0 Å². The summed E-state index contributed by atoms with van der Waals surface area (Å²) in [5, 5.41) is 0. The number of nitrogens with zero attached hydrogens (tertiary/aromatic N) is 2. The smallest absolute Gasteiger partial charge is 0.123 e. The lowest BCUT2D eigenvalue weighted by Gasteiger charge is -2.38. The van der Waals surface area contributed by atoms with E-state index in [2.05, 4.69) is 28.0 Å². The molecular weight excluding hydrogens is 287 g/mol. The zero-order valence-electron chi connectivity index (χ0n) is 11.8. The standard InChI is InChI=1S/C17H18ClFN2/c18-13-14-3-1-2-4-17(14)21-11-9-20(10-12-21)16-7-5-15(19)6-8-16/h1-8H,9-13H2. The van der Waals surface area contributed by atoms with E-state index in [4.69, 9.17) is 11.6 Å². The molecule has 1 saturated heterocycles. The molecule has 110 valence electrons. The maximum Gasteiger partial charge on any atom is 0.123 e. The number of anilines is 2. The molecule has 0 unspecified atom stereocenters. The third-order valence-corrected chi connectivity index (χ3v) is 4.24. The highest BCUT2D eigenvalue weighted by Crippen LogP contribution is 2.25. The van der Waals surface area contributed by atoms with Crippen molar-refractivity contribution in [2.75, 3.05) is 36.0 Å². The summed E-state index contributed by atoms with van der Waals surface area (Å²) in [5.41, 5.74) is 3.49. The molecular formula is C17H18ClFN2. The molecule has 1 fully saturated rings. The molecule has 1 heterocycles. The molecule has 0 aliphatic carbocycles. The summed E-state index contributed by atoms with van der Waals surface area (Å²) in [4.78, 5) is 4.66. The predicted octanol–water partition coefficient (Wildman–Crippen LogP) is 3.89. The van der Waals surface area contributed by atoms with Crippen molar-refractivity contribution in [3.8, 4) is 0 Å². The van der Waals surface area contributed by atoms with Gasteiger partial charge in [0.25, 0.3) is 0 Å². The molecule has 0 radical (unpaired) electrons. The van der Waals surface area contributed by atoms with E-state index < -0.39 is 0 Å². The highest BCUT2D eigenvalue weighted by Gasteiger charge is 2.19. The molecule has 0 amide bonds. The molecule has 2 aromatic rings. The number of piperazine rings is 1. The Labute approximate surface area is 129 Å². The minimum absolute atomic E-state index is 0.187. The minimum Gasteiger partial charge on any atom is -0.368 e. The molecule has 2 aromatic carbocycles. The lowest BCUT2D eigenvalue weighted by Crippen LogP contribution is -2.46. The predicted molar refractivity (Wildman–Crippen MR) is 86.8 cm³/mol. The monoisotopic (exact) mass is 304 g/mol. The lowest BCUT2D eigenvalue weighted by molar-refractivity contribution is 0.624. The molecule has 21 heavy (non-hydrogen) atoms. The van der Waals surface area contributed by atoms with Gasteiger partial charge in [0, 0.05) is 43.4 Å². The summed E-state index contributed by atoms with van der Waals surface area (Å²) in [7, 11) is 0. The molecule has 0 bridgehead atoms. The molecule has 0 spiro atoms. The highest BCUT2D eigenvalue weighted by atomic mass is 35.5. The Balaban J connectivity index is 1.69. The van der Waals surface area contributed by atoms with Crippen LogP contribution >= 0.6 is 11.6 Å². The van der Waals surface area contributed by atoms with Crippen LogP contribution in [0.1, 0.15) is 5.56 Å². The second kappa shape index (κ2) is 6.35. The van der Waals surface area contributed by atoms with Crippen LogP contribution in [-0.4, -0.2) is 26.2 Å². The summed E-state index contributed by atoms with van der Waals surface area (Å²) >= 11 is 6.02. The van der Waals surface area contributed by atoms with Gasteiger partial charge in [0.1, 0.15) is 5.82 Å². The topological polar surface area (TPSA) is 6.48 Å². The van der Waals surface area contributed by atoms with Crippen molar-refractivity contribution in [3.05, 3.63) is 59.9 Å². The van der Waals surface area contributed by atoms with E-state index in [0.29, 0.717) is 5.88 Å². The van der Waals surface area contributed by atoms with Gasteiger partial charge in [-0.1, -0.05) is 18.2 Å². The molecule has 4 heteroatoms. The summed E-state index contributed by atoms with van der Waals surface area (Å²) in [6.45, 7) is 3.76. The number of rotatable bonds is 3. The second-order valence-electron chi connectivity index (χ2n) is 5.21. The van der Waals surface area contributed by atoms with Crippen molar-refractivity contribution in [2.45, 2.75) is 5.88 Å². The summed E-state index contributed by atoms with van der Waals surface area (Å²) in [6.07, 6.45) is 0. The Hall–Kier alpha value is -1.74. The van der Waals surface area contributed by atoms with Crippen LogP contribution in [-0.2, 0) is 5.88 Å². The van der Waals surface area contributed by atoms with E-state index in [-0.39, 0.29) is 5.82 Å². The lowest BCUT2D eigenvalue weighted by atomic mass is 10.1. The minimum atomic E-state index is -0.187. The normalized spacial score (nSPS) is 15.3. The van der Waals surface area contributed by atoms with Gasteiger partial charge in [0.15, 0.2) is 0 Å². The number of alkyl halides is 1. The van der Waals surface area contributed by atoms with E-state index in [1.165, 1.54) is 23.4 Å². The van der Waals surface area contributed by atoms with Crippen molar-refractivity contribution in [3.63, 3.8) is 0 Å². The van der Waals surface area contributed by atoms with Gasteiger partial charge >= 0.3 is 0 Å². The quantitative estimate of drug-likeness (QED) is 0.794. The van der Waals surface area contributed by atoms with E-state index in [9.17, 15) is 4.39 Å². The Kier molecular flexibility index (Phi) is 4.30. The zero-order valence-corrected chi connectivity index (χ0v) is 12.6. The van der Waals surface area contributed by atoms with Crippen LogP contribution in [0.4, 0.5) is 15.8 Å². The van der Waals surface area contributed by atoms with Crippen molar-refractivity contribution < 1.29 is 4.39 Å². The first-order valence-electron chi connectivity index (χ1n) is 7.17. The summed E-state index contributed by atoms with van der Waals surface area (Å²) in [6, 6.07) is 15.0. The molecule has 3 rings (SSSR count). The molecule has 1 aliphatic rings. The molecule has 0 aromatic heterocycles. The Morgan fingerprint density at radius 3 is 2.14 bits per heavy atom. The molecule has 0 atom stereocenters. The van der Waals surface area contributed by atoms with Gasteiger partial charge < -0.3 is 9.80 Å². The van der Waals surface area contributed by atoms with Gasteiger partial charge in [-0.15, -0.1) is 11.6 Å². The number of halogens is 2. The fourth-order valence-corrected chi connectivity index (χ4v) is 3.02. The first-order chi connectivity index (χ1) is 10.3. The van der Waals surface area contributed by atoms with Crippen LogP contribution in [0.5, 0.6) is 0 Å². The Morgan fingerprint density at radius 2 is 1.48 bits per heavy atom. The van der Waals surface area contributed by atoms with Crippen molar-refractivity contribution in [1.82, 2.24) is 0 Å². The van der Waals surface area contributed by atoms with Crippen molar-refractivity contribution in [2.24, 2.45) is 0 Å². The van der Waals surface area contributed by atoms with Gasteiger partial charge in [-0.2, -0.15) is 0 Å². The fourth-order valence-electron chi connectivity index (χ4n) is 2.79. The van der Waals surface area contributed by atoms with Crippen LogP contribution in [0.2, 0.25) is 0 Å². The Bertz CT molecular complexity index is 592. The average molecular weight is 305 g/mol. The van der Waals surface area contributed by atoms with Crippen molar-refractivity contribution in [1.29, 1.82) is 0 Å². The maximum atomic E-state index is 13.0. The van der Waals surface area contributed by atoms with Gasteiger partial charge in [0.2, 0.25) is 0 Å². The van der Waals surface area contributed by atoms with E-state index in [1.807, 2.05) is 18.2 Å². The van der Waals surface area contributed by atoms with E-state index >= 15 is 0 Å². The van der Waals surface area contributed by atoms with Gasteiger partial charge in [-0.25, -0.2) is 4.39 Å². The third-order valence-electron chi connectivity index (χ3n) is 3.95. The SMILES string of the molecule is Fc1ccc(N2CCN(c3ccccc3CCl)CC2)cc1. The maximum absolute atomic E-state index is 13.0. The number of para-hydroxylation sites is 1. The highest BCUT2D eigenvalue weighted by molar-refractivity contribution is 6.17. The van der Waals surface area contributed by atoms with E-state index in [0.717, 1.165) is 31.9 Å². The molecule has 1 aliphatic heterocycles. The second-order valence-corrected chi connectivity index (χ2v) is 5.48. The van der Waals surface area contributed by atoms with Crippen LogP contribution in [0, 0.1) is 5.82 Å². The van der Waals surface area contributed by atoms with Gasteiger partial charge in [-0.05, 0) is 35.9 Å². The third kappa shape index (κ3) is 3.13. The Morgan fingerprint density at radius 1 is 0.857 bits per heavy atom. The van der Waals surface area contributed by atoms with Crippen molar-refractivity contribution >= 4 is 23.0 Å². The van der Waals surface area contributed by atoms with Crippen LogP contribution in [0.15, 0.2) is 48.5 Å². The molecule has 0 saturated carbocycles. The van der Waals surface area contributed by atoms with Crippen LogP contribution < -0.4 is 9.80 Å².